The van der Waals surface area contributed by atoms with Gasteiger partial charge in [0, 0.05) is 19.8 Å². The van der Waals surface area contributed by atoms with Gasteiger partial charge in [-0.25, -0.2) is 0 Å². The Morgan fingerprint density at radius 1 is 1.05 bits per heavy atom. The third-order valence-corrected chi connectivity index (χ3v) is 2.91. The Bertz CT molecular complexity index is 649. The van der Waals surface area contributed by atoms with Gasteiger partial charge >= 0.3 is 5.97 Å². The van der Waals surface area contributed by atoms with Gasteiger partial charge in [-0.05, 0) is 42.0 Å². The lowest BCUT2D eigenvalue weighted by Crippen LogP contribution is -2.07. The van der Waals surface area contributed by atoms with E-state index in [-0.39, 0.29) is 6.42 Å². The standard InChI is InChI=1S/C16H17N3O2/c1-19(2)15-8-6-13(7-9-15)17-18-14-5-3-4-12(10-14)11-16(20)21/h3-10H,11H2,1-2H3,(H,20,21). The normalized spacial score (nSPS) is 10.8. The number of carbonyl (C=O) groups is 1. The second-order valence-electron chi connectivity index (χ2n) is 4.85. The lowest BCUT2D eigenvalue weighted by atomic mass is 10.1. The van der Waals surface area contributed by atoms with E-state index >= 15 is 0 Å². The van der Waals surface area contributed by atoms with Gasteiger partial charge in [0.2, 0.25) is 0 Å². The Balaban J connectivity index is 2.11. The van der Waals surface area contributed by atoms with E-state index in [1.807, 2.05) is 43.3 Å². The van der Waals surface area contributed by atoms with Crippen LogP contribution in [0.25, 0.3) is 0 Å². The largest absolute Gasteiger partial charge is 0.481 e. The van der Waals surface area contributed by atoms with Crippen LogP contribution in [-0.4, -0.2) is 25.2 Å². The van der Waals surface area contributed by atoms with Crippen LogP contribution in [0.1, 0.15) is 5.56 Å². The first-order valence-corrected chi connectivity index (χ1v) is 6.54. The molecule has 0 atom stereocenters. The zero-order valence-corrected chi connectivity index (χ0v) is 12.0. The molecule has 0 aliphatic rings. The van der Waals surface area contributed by atoms with Gasteiger partial charge in [-0.3, -0.25) is 4.79 Å². The molecule has 2 rings (SSSR count). The van der Waals surface area contributed by atoms with E-state index in [0.29, 0.717) is 11.3 Å². The minimum Gasteiger partial charge on any atom is -0.481 e. The van der Waals surface area contributed by atoms with E-state index in [9.17, 15) is 4.79 Å². The molecule has 0 unspecified atom stereocenters. The van der Waals surface area contributed by atoms with Crippen molar-refractivity contribution in [2.45, 2.75) is 6.42 Å². The SMILES string of the molecule is CN(C)c1ccc(N=Nc2cccc(CC(=O)O)c2)cc1. The van der Waals surface area contributed by atoms with E-state index in [4.69, 9.17) is 5.11 Å². The highest BCUT2D eigenvalue weighted by Crippen LogP contribution is 2.22. The zero-order chi connectivity index (χ0) is 15.2. The molecule has 5 heteroatoms. The molecule has 0 bridgehead atoms. The molecule has 2 aromatic carbocycles. The summed E-state index contributed by atoms with van der Waals surface area (Å²) in [5.41, 5.74) is 3.20. The first kappa shape index (κ1) is 14.7. The molecule has 21 heavy (non-hydrogen) atoms. The first-order valence-electron chi connectivity index (χ1n) is 6.54. The van der Waals surface area contributed by atoms with E-state index in [1.54, 1.807) is 24.3 Å². The van der Waals surface area contributed by atoms with Crippen molar-refractivity contribution in [3.8, 4) is 0 Å². The fourth-order valence-corrected chi connectivity index (χ4v) is 1.84. The van der Waals surface area contributed by atoms with Crippen molar-refractivity contribution in [3.63, 3.8) is 0 Å². The molecule has 0 aliphatic heterocycles. The number of nitrogens with zero attached hydrogens (tertiary/aromatic N) is 3. The summed E-state index contributed by atoms with van der Waals surface area (Å²) in [5.74, 6) is -0.858. The average molecular weight is 283 g/mol. The highest BCUT2D eigenvalue weighted by atomic mass is 16.4. The summed E-state index contributed by atoms with van der Waals surface area (Å²) >= 11 is 0. The predicted octanol–water partition coefficient (Wildman–Crippen LogP) is 3.80. The van der Waals surface area contributed by atoms with Crippen molar-refractivity contribution in [3.05, 3.63) is 54.1 Å². The highest BCUT2D eigenvalue weighted by molar-refractivity contribution is 5.70. The molecule has 0 aliphatic carbocycles. The Morgan fingerprint density at radius 3 is 2.33 bits per heavy atom. The van der Waals surface area contributed by atoms with Gasteiger partial charge in [0.1, 0.15) is 0 Å². The quantitative estimate of drug-likeness (QED) is 0.849. The molecule has 5 nitrogen and oxygen atoms in total. The van der Waals surface area contributed by atoms with Crippen LogP contribution < -0.4 is 4.90 Å². The molecule has 0 saturated carbocycles. The van der Waals surface area contributed by atoms with Gasteiger partial charge in [-0.15, -0.1) is 0 Å². The molecule has 0 aromatic heterocycles. The van der Waals surface area contributed by atoms with Crippen molar-refractivity contribution in [1.82, 2.24) is 0 Å². The van der Waals surface area contributed by atoms with E-state index in [0.717, 1.165) is 11.4 Å². The van der Waals surface area contributed by atoms with E-state index < -0.39 is 5.97 Å². The van der Waals surface area contributed by atoms with Crippen molar-refractivity contribution >= 4 is 23.0 Å². The lowest BCUT2D eigenvalue weighted by molar-refractivity contribution is -0.136. The van der Waals surface area contributed by atoms with Gasteiger partial charge in [-0.2, -0.15) is 10.2 Å². The van der Waals surface area contributed by atoms with Crippen molar-refractivity contribution in [2.75, 3.05) is 19.0 Å². The number of carboxylic acids is 1. The van der Waals surface area contributed by atoms with E-state index in [2.05, 4.69) is 10.2 Å². The molecule has 1 N–H and O–H groups in total. The number of azo groups is 1. The number of aliphatic carboxylic acids is 1. The number of anilines is 1. The second-order valence-corrected chi connectivity index (χ2v) is 4.85. The van der Waals surface area contributed by atoms with Crippen LogP contribution >= 0.6 is 0 Å². The van der Waals surface area contributed by atoms with Crippen LogP contribution in [0.2, 0.25) is 0 Å². The monoisotopic (exact) mass is 283 g/mol. The first-order chi connectivity index (χ1) is 10.0. The molecule has 0 saturated heterocycles. The molecule has 0 heterocycles. The number of benzene rings is 2. The molecule has 0 amide bonds. The molecular formula is C16H17N3O2. The van der Waals surface area contributed by atoms with Crippen LogP contribution in [0.15, 0.2) is 58.8 Å². The van der Waals surface area contributed by atoms with Crippen LogP contribution in [0.4, 0.5) is 17.1 Å². The molecule has 0 fully saturated rings. The smallest absolute Gasteiger partial charge is 0.307 e. The predicted molar refractivity (Wildman–Crippen MR) is 82.7 cm³/mol. The number of carboxylic acid groups (broad SMARTS) is 1. The van der Waals surface area contributed by atoms with Crippen LogP contribution in [-0.2, 0) is 11.2 Å². The molecular weight excluding hydrogens is 266 g/mol. The maximum atomic E-state index is 10.7. The van der Waals surface area contributed by atoms with Crippen LogP contribution in [0.5, 0.6) is 0 Å². The maximum absolute atomic E-state index is 10.7. The minimum atomic E-state index is -0.858. The summed E-state index contributed by atoms with van der Waals surface area (Å²) in [6.45, 7) is 0. The van der Waals surface area contributed by atoms with Crippen molar-refractivity contribution in [2.24, 2.45) is 10.2 Å². The summed E-state index contributed by atoms with van der Waals surface area (Å²) in [7, 11) is 3.95. The Labute approximate surface area is 123 Å². The van der Waals surface area contributed by atoms with Gasteiger partial charge in [0.05, 0.1) is 17.8 Å². The Morgan fingerprint density at radius 2 is 1.71 bits per heavy atom. The summed E-state index contributed by atoms with van der Waals surface area (Å²) in [6, 6.07) is 14.8. The summed E-state index contributed by atoms with van der Waals surface area (Å²) in [6.07, 6.45) is -0.0130. The summed E-state index contributed by atoms with van der Waals surface area (Å²) in [5, 5.41) is 17.1. The topological polar surface area (TPSA) is 65.3 Å². The Hall–Kier alpha value is -2.69. The number of rotatable bonds is 5. The number of hydrogen-bond acceptors (Lipinski definition) is 4. The second kappa shape index (κ2) is 6.65. The zero-order valence-electron chi connectivity index (χ0n) is 12.0. The van der Waals surface area contributed by atoms with Crippen molar-refractivity contribution in [1.29, 1.82) is 0 Å². The van der Waals surface area contributed by atoms with Gasteiger partial charge in [0.25, 0.3) is 0 Å². The lowest BCUT2D eigenvalue weighted by Gasteiger charge is -2.11. The fraction of sp³-hybridized carbons (Fsp3) is 0.188. The minimum absolute atomic E-state index is 0.0130. The molecule has 0 spiro atoms. The Kier molecular flexibility index (Phi) is 4.66. The molecule has 0 radical (unpaired) electrons. The highest BCUT2D eigenvalue weighted by Gasteiger charge is 2.01. The average Bonchev–Trinajstić information content (AvgIpc) is 2.45. The summed E-state index contributed by atoms with van der Waals surface area (Å²) < 4.78 is 0. The third-order valence-electron chi connectivity index (χ3n) is 2.91. The maximum Gasteiger partial charge on any atom is 0.307 e. The van der Waals surface area contributed by atoms with Gasteiger partial charge in [0.15, 0.2) is 0 Å². The van der Waals surface area contributed by atoms with E-state index in [1.165, 1.54) is 0 Å². The van der Waals surface area contributed by atoms with Crippen LogP contribution in [0, 0.1) is 0 Å². The third kappa shape index (κ3) is 4.42. The number of hydrogen-bond donors (Lipinski definition) is 1. The fourth-order valence-electron chi connectivity index (χ4n) is 1.84. The molecule has 108 valence electrons. The van der Waals surface area contributed by atoms with Crippen molar-refractivity contribution < 1.29 is 9.90 Å². The summed E-state index contributed by atoms with van der Waals surface area (Å²) in [4.78, 5) is 12.7. The van der Waals surface area contributed by atoms with Crippen LogP contribution in [0.3, 0.4) is 0 Å². The van der Waals surface area contributed by atoms with Gasteiger partial charge in [-0.1, -0.05) is 12.1 Å². The van der Waals surface area contributed by atoms with Gasteiger partial charge < -0.3 is 10.0 Å². The molecule has 2 aromatic rings.